The van der Waals surface area contributed by atoms with Crippen LogP contribution in [0.4, 0.5) is 0 Å². The summed E-state index contributed by atoms with van der Waals surface area (Å²) in [5.74, 6) is -0.110. The molecule has 2 aromatic carbocycles. The third kappa shape index (κ3) is 3.17. The molecule has 3 aromatic rings. The largest absolute Gasteiger partial charge is 0.380 e. The zero-order chi connectivity index (χ0) is 20.9. The summed E-state index contributed by atoms with van der Waals surface area (Å²) in [7, 11) is 0. The third-order valence-electron chi connectivity index (χ3n) is 6.37. The van der Waals surface area contributed by atoms with Crippen LogP contribution in [0, 0.1) is 6.92 Å². The normalized spacial score (nSPS) is 17.9. The fourth-order valence-electron chi connectivity index (χ4n) is 4.33. The predicted octanol–water partition coefficient (Wildman–Crippen LogP) is 3.18. The second kappa shape index (κ2) is 6.99. The van der Waals surface area contributed by atoms with Crippen molar-refractivity contribution in [1.82, 2.24) is 19.8 Å². The van der Waals surface area contributed by atoms with E-state index in [4.69, 9.17) is 0 Å². The third-order valence-corrected chi connectivity index (χ3v) is 6.37. The molecule has 1 saturated carbocycles. The summed E-state index contributed by atoms with van der Waals surface area (Å²) in [4.78, 5) is 24.0. The number of piperazine rings is 1. The van der Waals surface area contributed by atoms with E-state index in [1.807, 2.05) is 12.1 Å². The first-order valence-electron chi connectivity index (χ1n) is 10.5. The minimum atomic E-state index is -1.08. The Kier molecular flexibility index (Phi) is 4.40. The van der Waals surface area contributed by atoms with Crippen LogP contribution in [-0.2, 0) is 4.79 Å². The number of aliphatic hydroxyl groups is 1. The number of H-pyrrole nitrogens is 1. The van der Waals surface area contributed by atoms with Gasteiger partial charge in [0.1, 0.15) is 5.60 Å². The van der Waals surface area contributed by atoms with Gasteiger partial charge in [-0.3, -0.25) is 4.79 Å². The summed E-state index contributed by atoms with van der Waals surface area (Å²) >= 11 is 0. The Hall–Kier alpha value is -3.12. The number of nitrogens with one attached hydrogen (secondary N) is 1. The van der Waals surface area contributed by atoms with Crippen molar-refractivity contribution in [3.05, 3.63) is 60.4 Å². The highest BCUT2D eigenvalue weighted by Gasteiger charge is 2.50. The van der Waals surface area contributed by atoms with Gasteiger partial charge < -0.3 is 19.9 Å². The first kappa shape index (κ1) is 18.9. The van der Waals surface area contributed by atoms with Crippen LogP contribution in [0.15, 0.2) is 49.3 Å². The minimum absolute atomic E-state index is 0.110. The van der Waals surface area contributed by atoms with Crippen LogP contribution in [0.2, 0.25) is 0 Å². The van der Waals surface area contributed by atoms with E-state index in [9.17, 15) is 9.90 Å². The molecule has 1 aliphatic carbocycles. The van der Waals surface area contributed by atoms with E-state index in [-0.39, 0.29) is 5.91 Å². The molecule has 6 nitrogen and oxygen atoms in total. The van der Waals surface area contributed by atoms with Gasteiger partial charge in [0.2, 0.25) is 0 Å². The van der Waals surface area contributed by atoms with Crippen molar-refractivity contribution >= 4 is 22.6 Å². The van der Waals surface area contributed by atoms with Crippen molar-refractivity contribution < 1.29 is 9.90 Å². The van der Waals surface area contributed by atoms with Gasteiger partial charge in [-0.05, 0) is 37.0 Å². The molecule has 0 unspecified atom stereocenters. The number of nitrogens with zero attached hydrogens (tertiary/aromatic N) is 3. The van der Waals surface area contributed by atoms with Crippen LogP contribution < -0.4 is 0 Å². The molecule has 1 aliphatic heterocycles. The lowest BCUT2D eigenvalue weighted by molar-refractivity contribution is -0.143. The minimum Gasteiger partial charge on any atom is -0.380 e. The van der Waals surface area contributed by atoms with Crippen LogP contribution in [0.3, 0.4) is 0 Å². The molecule has 1 saturated heterocycles. The van der Waals surface area contributed by atoms with Crippen molar-refractivity contribution in [2.24, 2.45) is 0 Å². The molecule has 6 heteroatoms. The lowest BCUT2D eigenvalue weighted by Gasteiger charge is -2.38. The van der Waals surface area contributed by atoms with Crippen LogP contribution in [0.1, 0.15) is 24.0 Å². The number of hydrogen-bond acceptors (Lipinski definition) is 4. The van der Waals surface area contributed by atoms with E-state index in [1.54, 1.807) is 11.2 Å². The van der Waals surface area contributed by atoms with Gasteiger partial charge in [0.25, 0.3) is 5.91 Å². The van der Waals surface area contributed by atoms with Crippen molar-refractivity contribution in [3.8, 4) is 11.1 Å². The van der Waals surface area contributed by atoms with Crippen LogP contribution in [0.25, 0.3) is 27.9 Å². The number of carbonyl (C=O) groups excluding carboxylic acids is 1. The Morgan fingerprint density at radius 1 is 1.13 bits per heavy atom. The number of fused-ring (bicyclic) bond motifs is 1. The predicted molar refractivity (Wildman–Crippen MR) is 118 cm³/mol. The number of rotatable bonds is 4. The summed E-state index contributed by atoms with van der Waals surface area (Å²) < 4.78 is 0. The number of aryl methyl sites for hydroxylation is 1. The van der Waals surface area contributed by atoms with Crippen molar-refractivity contribution in [1.29, 1.82) is 0 Å². The van der Waals surface area contributed by atoms with E-state index in [1.165, 1.54) is 0 Å². The van der Waals surface area contributed by atoms with E-state index in [2.05, 4.69) is 52.6 Å². The molecule has 2 aliphatic rings. The molecule has 2 N–H and O–H groups in total. The van der Waals surface area contributed by atoms with Crippen LogP contribution in [-0.4, -0.2) is 62.6 Å². The molecule has 0 radical (unpaired) electrons. The maximum atomic E-state index is 12.4. The number of carbonyl (C=O) groups is 1. The standard InChI is InChI=1S/C24H26N4O2/c1-16-14-18(20-4-3-5-21-22(20)26-15-25-21)6-7-19(16)17(2)27-10-12-28(13-11-27)23(29)24(30)8-9-24/h3-7,14-15,30H,2,8-13H2,1H3,(H,25,26). The smallest absolute Gasteiger partial charge is 0.254 e. The van der Waals surface area contributed by atoms with E-state index < -0.39 is 5.60 Å². The molecule has 154 valence electrons. The molecular weight excluding hydrogens is 376 g/mol. The van der Waals surface area contributed by atoms with Crippen molar-refractivity contribution in [2.75, 3.05) is 26.2 Å². The Morgan fingerprint density at radius 2 is 1.87 bits per heavy atom. The Morgan fingerprint density at radius 3 is 2.57 bits per heavy atom. The number of benzene rings is 2. The lowest BCUT2D eigenvalue weighted by atomic mass is 9.97. The van der Waals surface area contributed by atoms with Gasteiger partial charge in [-0.25, -0.2) is 4.98 Å². The van der Waals surface area contributed by atoms with Crippen molar-refractivity contribution in [2.45, 2.75) is 25.4 Å². The molecule has 2 heterocycles. The maximum absolute atomic E-state index is 12.4. The average molecular weight is 402 g/mol. The van der Waals surface area contributed by atoms with E-state index >= 15 is 0 Å². The number of aromatic nitrogens is 2. The molecule has 0 bridgehead atoms. The SMILES string of the molecule is C=C(c1ccc(-c2cccc3[nH]cnc23)cc1C)N1CCN(C(=O)C2(O)CC2)CC1. The van der Waals surface area contributed by atoms with Gasteiger partial charge in [0, 0.05) is 43.0 Å². The molecule has 30 heavy (non-hydrogen) atoms. The summed E-state index contributed by atoms with van der Waals surface area (Å²) in [5.41, 5.74) is 6.43. The second-order valence-corrected chi connectivity index (χ2v) is 8.39. The Labute approximate surface area is 175 Å². The summed E-state index contributed by atoms with van der Waals surface area (Å²) in [6.07, 6.45) is 2.91. The van der Waals surface area contributed by atoms with Gasteiger partial charge in [-0.15, -0.1) is 0 Å². The number of amides is 1. The number of hydrogen-bond donors (Lipinski definition) is 2. The summed E-state index contributed by atoms with van der Waals surface area (Å²) in [6.45, 7) is 9.16. The molecule has 1 amide bonds. The molecular formula is C24H26N4O2. The maximum Gasteiger partial charge on any atom is 0.254 e. The number of aromatic amines is 1. The monoisotopic (exact) mass is 402 g/mol. The van der Waals surface area contributed by atoms with Gasteiger partial charge in [0.15, 0.2) is 0 Å². The molecule has 0 atom stereocenters. The Balaban J connectivity index is 1.32. The highest BCUT2D eigenvalue weighted by atomic mass is 16.3. The number of imidazole rings is 1. The molecule has 2 fully saturated rings. The fraction of sp³-hybridized carbons (Fsp3) is 0.333. The van der Waals surface area contributed by atoms with E-state index in [0.717, 1.165) is 52.1 Å². The first-order valence-corrected chi connectivity index (χ1v) is 10.5. The molecule has 5 rings (SSSR count). The van der Waals surface area contributed by atoms with Crippen molar-refractivity contribution in [3.63, 3.8) is 0 Å². The highest BCUT2D eigenvalue weighted by molar-refractivity contribution is 5.92. The number of para-hydroxylation sites is 1. The quantitative estimate of drug-likeness (QED) is 0.703. The van der Waals surface area contributed by atoms with Crippen LogP contribution >= 0.6 is 0 Å². The van der Waals surface area contributed by atoms with Gasteiger partial charge in [-0.2, -0.15) is 0 Å². The summed E-state index contributed by atoms with van der Waals surface area (Å²) in [6, 6.07) is 12.6. The fourth-order valence-corrected chi connectivity index (χ4v) is 4.33. The zero-order valence-corrected chi connectivity index (χ0v) is 17.2. The molecule has 0 spiro atoms. The summed E-state index contributed by atoms with van der Waals surface area (Å²) in [5, 5.41) is 10.1. The van der Waals surface area contributed by atoms with E-state index in [0.29, 0.717) is 25.9 Å². The Bertz CT molecular complexity index is 1140. The lowest BCUT2D eigenvalue weighted by Crippen LogP contribution is -2.51. The van der Waals surface area contributed by atoms with Gasteiger partial charge in [-0.1, -0.05) is 36.9 Å². The second-order valence-electron chi connectivity index (χ2n) is 8.39. The van der Waals surface area contributed by atoms with Crippen LogP contribution in [0.5, 0.6) is 0 Å². The first-order chi connectivity index (χ1) is 14.5. The van der Waals surface area contributed by atoms with Gasteiger partial charge in [0.05, 0.1) is 17.4 Å². The zero-order valence-electron chi connectivity index (χ0n) is 17.2. The topological polar surface area (TPSA) is 72.5 Å². The average Bonchev–Trinajstić information content (AvgIpc) is 3.33. The van der Waals surface area contributed by atoms with Gasteiger partial charge >= 0.3 is 0 Å². The molecule has 1 aromatic heterocycles. The highest BCUT2D eigenvalue weighted by Crippen LogP contribution is 2.37.